The van der Waals surface area contributed by atoms with Crippen LogP contribution in [0.2, 0.25) is 0 Å². The van der Waals surface area contributed by atoms with Gasteiger partial charge in [-0.15, -0.1) is 11.3 Å². The number of nitrogens with one attached hydrogen (secondary N) is 2. The number of amides is 2. The summed E-state index contributed by atoms with van der Waals surface area (Å²) in [7, 11) is 0. The molecule has 0 aliphatic carbocycles. The highest BCUT2D eigenvalue weighted by atomic mass is 32.1. The highest BCUT2D eigenvalue weighted by Crippen LogP contribution is 2.33. The quantitative estimate of drug-likeness (QED) is 0.155. The maximum absolute atomic E-state index is 12.9. The molecule has 0 saturated heterocycles. The third-order valence-electron chi connectivity index (χ3n) is 5.85. The lowest BCUT2D eigenvalue weighted by Crippen LogP contribution is -2.33. The highest BCUT2D eigenvalue weighted by Gasteiger charge is 2.22. The number of hydrazone groups is 1. The van der Waals surface area contributed by atoms with Crippen molar-refractivity contribution in [1.29, 1.82) is 0 Å². The second-order valence-corrected chi connectivity index (χ2v) is 9.98. The van der Waals surface area contributed by atoms with Gasteiger partial charge in [-0.2, -0.15) is 5.10 Å². The molecule has 1 aromatic heterocycles. The molecule has 1 atom stereocenters. The van der Waals surface area contributed by atoms with Crippen LogP contribution in [0, 0.1) is 13.8 Å². The Morgan fingerprint density at radius 3 is 2.29 bits per heavy atom. The number of rotatable bonds is 13. The molecule has 2 N–H and O–H groups in total. The van der Waals surface area contributed by atoms with Crippen molar-refractivity contribution in [1.82, 2.24) is 5.43 Å². The average Bonchev–Trinajstić information content (AvgIpc) is 3.22. The first-order chi connectivity index (χ1) is 19.7. The minimum Gasteiger partial charge on any atom is -0.490 e. The smallest absolute Gasteiger partial charge is 0.341 e. The van der Waals surface area contributed by atoms with Crippen LogP contribution >= 0.6 is 11.3 Å². The van der Waals surface area contributed by atoms with Crippen LogP contribution in [0.1, 0.15) is 64.4 Å². The molecule has 0 fully saturated rings. The Morgan fingerprint density at radius 2 is 1.63 bits per heavy atom. The average molecular weight is 582 g/mol. The van der Waals surface area contributed by atoms with E-state index in [9.17, 15) is 14.4 Å². The summed E-state index contributed by atoms with van der Waals surface area (Å²) in [5.41, 5.74) is 4.69. The summed E-state index contributed by atoms with van der Waals surface area (Å²) in [6.45, 7) is 12.0. The summed E-state index contributed by atoms with van der Waals surface area (Å²) in [6, 6.07) is 11.7. The van der Waals surface area contributed by atoms with Crippen LogP contribution in [0.3, 0.4) is 0 Å². The Hall–Kier alpha value is -4.38. The number of carbonyl (C=O) groups is 3. The minimum absolute atomic E-state index is 0.239. The molecule has 0 aliphatic heterocycles. The van der Waals surface area contributed by atoms with Crippen molar-refractivity contribution >= 4 is 40.3 Å². The Balaban J connectivity index is 1.58. The molecule has 0 unspecified atom stereocenters. The first-order valence-corrected chi connectivity index (χ1v) is 14.1. The van der Waals surface area contributed by atoms with E-state index in [-0.39, 0.29) is 12.5 Å². The molecule has 1 heterocycles. The zero-order valence-electron chi connectivity index (χ0n) is 24.0. The van der Waals surface area contributed by atoms with Crippen LogP contribution in [-0.4, -0.2) is 49.9 Å². The van der Waals surface area contributed by atoms with Gasteiger partial charge >= 0.3 is 5.97 Å². The van der Waals surface area contributed by atoms with Crippen molar-refractivity contribution < 1.29 is 33.3 Å². The maximum Gasteiger partial charge on any atom is 0.341 e. The van der Waals surface area contributed by atoms with E-state index in [1.807, 2.05) is 27.7 Å². The lowest BCUT2D eigenvalue weighted by Gasteiger charge is -2.13. The van der Waals surface area contributed by atoms with E-state index in [0.717, 1.165) is 16.0 Å². The Labute approximate surface area is 243 Å². The van der Waals surface area contributed by atoms with Gasteiger partial charge in [-0.3, -0.25) is 9.59 Å². The topological polar surface area (TPSA) is 125 Å². The van der Waals surface area contributed by atoms with Crippen molar-refractivity contribution in [3.05, 3.63) is 69.6 Å². The molecule has 0 aliphatic rings. The molecule has 11 heteroatoms. The maximum atomic E-state index is 12.9. The van der Waals surface area contributed by atoms with Crippen molar-refractivity contribution in [2.75, 3.05) is 25.1 Å². The fraction of sp³-hybridized carbons (Fsp3) is 0.333. The molecule has 2 amide bonds. The largest absolute Gasteiger partial charge is 0.490 e. The van der Waals surface area contributed by atoms with Crippen LogP contribution < -0.4 is 25.0 Å². The molecule has 3 aromatic rings. The van der Waals surface area contributed by atoms with E-state index in [1.54, 1.807) is 56.3 Å². The predicted octanol–water partition coefficient (Wildman–Crippen LogP) is 5.51. The molecule has 0 saturated carbocycles. The lowest BCUT2D eigenvalue weighted by molar-refractivity contribution is -0.127. The second kappa shape index (κ2) is 14.8. The third-order valence-corrected chi connectivity index (χ3v) is 6.97. The van der Waals surface area contributed by atoms with Crippen LogP contribution in [0.4, 0.5) is 5.00 Å². The highest BCUT2D eigenvalue weighted by molar-refractivity contribution is 7.16. The number of anilines is 1. The molecule has 218 valence electrons. The van der Waals surface area contributed by atoms with Crippen molar-refractivity contribution in [2.45, 2.75) is 47.6 Å². The number of aryl methyl sites for hydroxylation is 1. The molecule has 3 rings (SSSR count). The number of thiophene rings is 1. The standard InChI is InChI=1S/C30H35N3O7S/c1-7-37-24-15-10-21(16-25(24)38-8-2)17-31-33-27(34)19(5)40-23-13-11-22(12-14-23)28(35)32-29-26(30(36)39-9-3)18(4)20(6)41-29/h10-17,19H,7-9H2,1-6H3,(H,32,35)(H,33,34)/b31-17-/t19-/m0/s1. The van der Waals surface area contributed by atoms with Crippen LogP contribution in [0.25, 0.3) is 0 Å². The van der Waals surface area contributed by atoms with Crippen molar-refractivity contribution in [3.63, 3.8) is 0 Å². The van der Waals surface area contributed by atoms with E-state index in [0.29, 0.717) is 46.6 Å². The predicted molar refractivity (Wildman–Crippen MR) is 159 cm³/mol. The molecule has 0 bridgehead atoms. The van der Waals surface area contributed by atoms with E-state index < -0.39 is 18.0 Å². The number of benzene rings is 2. The van der Waals surface area contributed by atoms with Gasteiger partial charge in [0.15, 0.2) is 17.6 Å². The molecule has 2 aromatic carbocycles. The van der Waals surface area contributed by atoms with Gasteiger partial charge in [-0.25, -0.2) is 10.2 Å². The first-order valence-electron chi connectivity index (χ1n) is 13.3. The molecule has 0 radical (unpaired) electrons. The van der Waals surface area contributed by atoms with Gasteiger partial charge in [0.05, 0.1) is 31.6 Å². The first kappa shape index (κ1) is 31.2. The Morgan fingerprint density at radius 1 is 0.951 bits per heavy atom. The van der Waals surface area contributed by atoms with Crippen LogP contribution in [0.5, 0.6) is 17.2 Å². The summed E-state index contributed by atoms with van der Waals surface area (Å²) in [5.74, 6) is 0.327. The van der Waals surface area contributed by atoms with E-state index in [4.69, 9.17) is 18.9 Å². The SMILES string of the molecule is CCOC(=O)c1c(NC(=O)c2ccc(O[C@@H](C)C(=O)N/N=C\c3ccc(OCC)c(OCC)c3)cc2)sc(C)c1C. The Bertz CT molecular complexity index is 1400. The zero-order valence-corrected chi connectivity index (χ0v) is 24.8. The summed E-state index contributed by atoms with van der Waals surface area (Å²) >= 11 is 1.32. The molecular weight excluding hydrogens is 546 g/mol. The minimum atomic E-state index is -0.852. The van der Waals surface area contributed by atoms with E-state index >= 15 is 0 Å². The zero-order chi connectivity index (χ0) is 29.9. The summed E-state index contributed by atoms with van der Waals surface area (Å²) < 4.78 is 22.0. The molecule has 10 nitrogen and oxygen atoms in total. The van der Waals surface area contributed by atoms with Gasteiger partial charge in [0.25, 0.3) is 11.8 Å². The lowest BCUT2D eigenvalue weighted by atomic mass is 10.1. The van der Waals surface area contributed by atoms with Gasteiger partial charge < -0.3 is 24.3 Å². The second-order valence-electron chi connectivity index (χ2n) is 8.75. The number of hydrogen-bond acceptors (Lipinski definition) is 9. The fourth-order valence-corrected chi connectivity index (χ4v) is 4.73. The monoisotopic (exact) mass is 581 g/mol. The summed E-state index contributed by atoms with van der Waals surface area (Å²) in [5, 5.41) is 7.26. The van der Waals surface area contributed by atoms with Gasteiger partial charge in [0, 0.05) is 10.4 Å². The van der Waals surface area contributed by atoms with Crippen molar-refractivity contribution in [2.24, 2.45) is 5.10 Å². The third kappa shape index (κ3) is 8.31. The number of hydrogen-bond donors (Lipinski definition) is 2. The molecular formula is C30H35N3O7S. The van der Waals surface area contributed by atoms with E-state index in [1.165, 1.54) is 17.6 Å². The van der Waals surface area contributed by atoms with Gasteiger partial charge in [0.2, 0.25) is 0 Å². The van der Waals surface area contributed by atoms with Gasteiger partial charge in [-0.05, 0) is 95.1 Å². The van der Waals surface area contributed by atoms with Crippen molar-refractivity contribution in [3.8, 4) is 17.2 Å². The van der Waals surface area contributed by atoms with Crippen LogP contribution in [0.15, 0.2) is 47.6 Å². The van der Waals surface area contributed by atoms with Crippen LogP contribution in [-0.2, 0) is 9.53 Å². The van der Waals surface area contributed by atoms with Gasteiger partial charge in [0.1, 0.15) is 10.8 Å². The molecule has 41 heavy (non-hydrogen) atoms. The molecule has 0 spiro atoms. The Kier molecular flexibility index (Phi) is 11.3. The number of nitrogens with zero attached hydrogens (tertiary/aromatic N) is 1. The normalized spacial score (nSPS) is 11.6. The number of carbonyl (C=O) groups excluding carboxylic acids is 3. The summed E-state index contributed by atoms with van der Waals surface area (Å²) in [4.78, 5) is 38.7. The summed E-state index contributed by atoms with van der Waals surface area (Å²) in [6.07, 6.45) is 0.649. The van der Waals surface area contributed by atoms with E-state index in [2.05, 4.69) is 15.8 Å². The number of esters is 1. The number of ether oxygens (including phenoxy) is 4. The fourth-order valence-electron chi connectivity index (χ4n) is 3.69. The van der Waals surface area contributed by atoms with Gasteiger partial charge in [-0.1, -0.05) is 0 Å².